The number of alkyl halides is 2. The van der Waals surface area contributed by atoms with E-state index >= 15 is 0 Å². The number of esters is 4. The maximum atomic E-state index is 12.2. The molecule has 0 saturated heterocycles. The summed E-state index contributed by atoms with van der Waals surface area (Å²) in [6, 6.07) is 16.6. The van der Waals surface area contributed by atoms with Gasteiger partial charge in [0.15, 0.2) is 6.07 Å². The molecule has 2 N–H and O–H groups in total. The molecule has 0 aliphatic heterocycles. The van der Waals surface area contributed by atoms with Crippen LogP contribution in [-0.2, 0) is 60.8 Å². The Kier molecular flexibility index (Phi) is 24.3. The minimum Gasteiger partial charge on any atom is -0.464 e. The van der Waals surface area contributed by atoms with Gasteiger partial charge in [0.2, 0.25) is 0 Å². The van der Waals surface area contributed by atoms with Gasteiger partial charge in [0.1, 0.15) is 29.9 Å². The number of alkyl carbamates (subject to hydrolysis) is 2. The summed E-state index contributed by atoms with van der Waals surface area (Å²) < 4.78 is 30.1. The number of halogens is 2. The zero-order chi connectivity index (χ0) is 38.7. The van der Waals surface area contributed by atoms with Crippen molar-refractivity contribution >= 4 is 70.3 Å². The van der Waals surface area contributed by atoms with E-state index in [0.717, 1.165) is 11.1 Å². The first-order valence-corrected chi connectivity index (χ1v) is 18.6. The maximum Gasteiger partial charge on any atom is 0.408 e. The smallest absolute Gasteiger partial charge is 0.408 e. The van der Waals surface area contributed by atoms with E-state index < -0.39 is 42.2 Å². The van der Waals surface area contributed by atoms with Crippen LogP contribution >= 0.6 is 34.2 Å². The Hall–Kier alpha value is -4.12. The summed E-state index contributed by atoms with van der Waals surface area (Å²) in [5, 5.41) is 5.04. The van der Waals surface area contributed by atoms with E-state index in [-0.39, 0.29) is 63.1 Å². The van der Waals surface area contributed by atoms with Crippen LogP contribution < -0.4 is 10.6 Å². The van der Waals surface area contributed by atoms with Gasteiger partial charge in [0, 0.05) is 12.8 Å². The van der Waals surface area contributed by atoms with Crippen molar-refractivity contribution < 1.29 is 57.2 Å². The molecule has 0 heterocycles. The Balaban J connectivity index is 0.000000520. The van der Waals surface area contributed by atoms with Crippen LogP contribution in [0.5, 0.6) is 0 Å². The molecule has 52 heavy (non-hydrogen) atoms. The van der Waals surface area contributed by atoms with Crippen LogP contribution in [-0.4, -0.2) is 72.0 Å². The standard InChI is InChI=1S/C18H24ClNO6.C18H24INO6/c2*1-13(2)16(17(22)24-10-6-9-15(21)26-12-19)20-18(23)25-11-14-7-4-3-5-8-14/h2*3-5,7-8,13,16H,6,9-12H2,1-2H3,(H,20,23)/t2*16-/m00/s1. The van der Waals surface area contributed by atoms with Gasteiger partial charge < -0.3 is 39.1 Å². The van der Waals surface area contributed by atoms with Gasteiger partial charge in [-0.15, -0.1) is 0 Å². The number of rotatable bonds is 20. The van der Waals surface area contributed by atoms with Crippen LogP contribution in [0.1, 0.15) is 64.5 Å². The average molecular weight is 863 g/mol. The molecule has 16 heteroatoms. The lowest BCUT2D eigenvalue weighted by molar-refractivity contribution is -0.149. The lowest BCUT2D eigenvalue weighted by atomic mass is 10.1. The molecule has 0 aromatic heterocycles. The highest BCUT2D eigenvalue weighted by atomic mass is 127. The third kappa shape index (κ3) is 21.3. The van der Waals surface area contributed by atoms with Gasteiger partial charge >= 0.3 is 36.1 Å². The quantitative estimate of drug-likeness (QED) is 0.0507. The van der Waals surface area contributed by atoms with Crippen LogP contribution in [0, 0.1) is 11.8 Å². The van der Waals surface area contributed by atoms with Crippen molar-refractivity contribution in [1.29, 1.82) is 0 Å². The summed E-state index contributed by atoms with van der Waals surface area (Å²) in [7, 11) is 0. The zero-order valence-electron chi connectivity index (χ0n) is 29.8. The first kappa shape index (κ1) is 45.9. The van der Waals surface area contributed by atoms with Gasteiger partial charge in [0.05, 0.1) is 13.2 Å². The van der Waals surface area contributed by atoms with Crippen molar-refractivity contribution in [2.24, 2.45) is 11.8 Å². The molecule has 2 rings (SSSR count). The molecular weight excluding hydrogens is 815 g/mol. The summed E-state index contributed by atoms with van der Waals surface area (Å²) in [4.78, 5) is 70.5. The van der Waals surface area contributed by atoms with E-state index in [1.165, 1.54) is 0 Å². The normalized spacial score (nSPS) is 11.5. The summed E-state index contributed by atoms with van der Waals surface area (Å²) in [6.45, 7) is 7.49. The van der Waals surface area contributed by atoms with Crippen molar-refractivity contribution in [2.45, 2.75) is 78.7 Å². The fourth-order valence-electron chi connectivity index (χ4n) is 4.00. The predicted molar refractivity (Wildman–Crippen MR) is 199 cm³/mol. The topological polar surface area (TPSA) is 182 Å². The molecule has 0 bridgehead atoms. The highest BCUT2D eigenvalue weighted by Crippen LogP contribution is 2.09. The molecule has 2 atom stereocenters. The Morgan fingerprint density at radius 2 is 0.981 bits per heavy atom. The monoisotopic (exact) mass is 862 g/mol. The van der Waals surface area contributed by atoms with Crippen LogP contribution in [0.3, 0.4) is 0 Å². The highest BCUT2D eigenvalue weighted by Gasteiger charge is 2.27. The number of carbonyl (C=O) groups excluding carboxylic acids is 6. The van der Waals surface area contributed by atoms with Gasteiger partial charge in [-0.3, -0.25) is 9.59 Å². The van der Waals surface area contributed by atoms with E-state index in [1.54, 1.807) is 27.7 Å². The lowest BCUT2D eigenvalue weighted by Crippen LogP contribution is -2.45. The fourth-order valence-corrected chi connectivity index (χ4v) is 4.47. The number of hydrogen-bond acceptors (Lipinski definition) is 12. The lowest BCUT2D eigenvalue weighted by Gasteiger charge is -2.20. The maximum absolute atomic E-state index is 12.2. The molecule has 2 aromatic rings. The van der Waals surface area contributed by atoms with Gasteiger partial charge in [-0.2, -0.15) is 0 Å². The third-order valence-electron chi connectivity index (χ3n) is 6.78. The summed E-state index contributed by atoms with van der Waals surface area (Å²) in [5.41, 5.74) is 1.69. The van der Waals surface area contributed by atoms with Gasteiger partial charge in [0.25, 0.3) is 0 Å². The van der Waals surface area contributed by atoms with Crippen LogP contribution in [0.15, 0.2) is 60.7 Å². The van der Waals surface area contributed by atoms with E-state index in [1.807, 2.05) is 83.3 Å². The van der Waals surface area contributed by atoms with Gasteiger partial charge in [-0.1, -0.05) is 100.0 Å². The van der Waals surface area contributed by atoms with Crippen LogP contribution in [0.25, 0.3) is 0 Å². The van der Waals surface area contributed by atoms with Crippen molar-refractivity contribution in [3.63, 3.8) is 0 Å². The molecule has 0 spiro atoms. The largest absolute Gasteiger partial charge is 0.464 e. The minimum atomic E-state index is -0.840. The number of nitrogens with one attached hydrogen (secondary N) is 2. The molecule has 2 aromatic carbocycles. The second-order valence-electron chi connectivity index (χ2n) is 11.6. The zero-order valence-corrected chi connectivity index (χ0v) is 32.7. The molecule has 288 valence electrons. The molecule has 0 saturated carbocycles. The molecule has 0 unspecified atom stereocenters. The average Bonchev–Trinajstić information content (AvgIpc) is 3.12. The number of amides is 2. The summed E-state index contributed by atoms with van der Waals surface area (Å²) in [5.74, 6) is -2.29. The van der Waals surface area contributed by atoms with Crippen LogP contribution in [0.2, 0.25) is 0 Å². The molecular formula is C36H48ClIN2O12. The summed E-state index contributed by atoms with van der Waals surface area (Å²) >= 11 is 7.20. The molecule has 0 aliphatic rings. The first-order chi connectivity index (χ1) is 24.9. The molecule has 0 aliphatic carbocycles. The van der Waals surface area contributed by atoms with Crippen molar-refractivity contribution in [3.8, 4) is 0 Å². The second-order valence-corrected chi connectivity index (χ2v) is 12.5. The number of hydrogen-bond donors (Lipinski definition) is 2. The Labute approximate surface area is 323 Å². The summed E-state index contributed by atoms with van der Waals surface area (Å²) in [6.07, 6.45) is -0.436. The van der Waals surface area contributed by atoms with Gasteiger partial charge in [-0.05, 0) is 58.4 Å². The minimum absolute atomic E-state index is 0.0418. The van der Waals surface area contributed by atoms with E-state index in [2.05, 4.69) is 15.4 Å². The SMILES string of the molecule is CC(C)[C@H](NC(=O)OCc1ccccc1)C(=O)OCCCC(=O)OCCl.CC(C)[C@H](NC(=O)OCc1ccccc1)C(=O)OCCCC(=O)OCI. The number of ether oxygens (including phenoxy) is 6. The Morgan fingerprint density at radius 1 is 0.596 bits per heavy atom. The Bertz CT molecular complexity index is 1260. The molecule has 14 nitrogen and oxygen atoms in total. The van der Waals surface area contributed by atoms with Crippen molar-refractivity contribution in [2.75, 3.05) is 23.9 Å². The predicted octanol–water partition coefficient (Wildman–Crippen LogP) is 6.20. The van der Waals surface area contributed by atoms with Crippen molar-refractivity contribution in [3.05, 3.63) is 71.8 Å². The van der Waals surface area contributed by atoms with E-state index in [0.29, 0.717) is 17.5 Å². The molecule has 0 radical (unpaired) electrons. The number of carbonyl (C=O) groups is 6. The fraction of sp³-hybridized carbons (Fsp3) is 0.500. The Morgan fingerprint density at radius 3 is 1.33 bits per heavy atom. The molecule has 0 fully saturated rings. The first-order valence-electron chi connectivity index (χ1n) is 16.6. The molecule has 2 amide bonds. The van der Waals surface area contributed by atoms with Crippen LogP contribution in [0.4, 0.5) is 9.59 Å². The third-order valence-corrected chi connectivity index (χ3v) is 7.20. The van der Waals surface area contributed by atoms with E-state index in [9.17, 15) is 28.8 Å². The van der Waals surface area contributed by atoms with E-state index in [4.69, 9.17) is 35.3 Å². The highest BCUT2D eigenvalue weighted by molar-refractivity contribution is 14.1. The van der Waals surface area contributed by atoms with Gasteiger partial charge in [-0.25, -0.2) is 19.2 Å². The second kappa shape index (κ2) is 27.5. The van der Waals surface area contributed by atoms with Crippen molar-refractivity contribution in [1.82, 2.24) is 10.6 Å². The number of benzene rings is 2.